The Morgan fingerprint density at radius 1 is 1.04 bits per heavy atom. The van der Waals surface area contributed by atoms with Crippen molar-refractivity contribution in [2.45, 2.75) is 84.8 Å². The van der Waals surface area contributed by atoms with Crippen molar-refractivity contribution < 1.29 is 28.9 Å². The minimum absolute atomic E-state index is 0.144. The fourth-order valence-corrected chi connectivity index (χ4v) is 5.89. The summed E-state index contributed by atoms with van der Waals surface area (Å²) in [5.41, 5.74) is 4.35. The molecule has 6 bridgehead atoms. The number of carboxylic acid groups (broad SMARTS) is 1. The van der Waals surface area contributed by atoms with Crippen LogP contribution in [0.5, 0.6) is 5.75 Å². The molecule has 9 nitrogen and oxygen atoms in total. The predicted octanol–water partition coefficient (Wildman–Crippen LogP) is 6.77. The second kappa shape index (κ2) is 13.4. The number of aliphatic hydroxyl groups is 1. The highest BCUT2D eigenvalue weighted by Gasteiger charge is 2.33. The first-order chi connectivity index (χ1) is 21.7. The highest BCUT2D eigenvalue weighted by atomic mass is 19.1. The van der Waals surface area contributed by atoms with Crippen molar-refractivity contribution in [1.82, 2.24) is 14.6 Å². The minimum Gasteiger partial charge on any atom is -0.493 e. The second-order valence-electron chi connectivity index (χ2n) is 13.5. The summed E-state index contributed by atoms with van der Waals surface area (Å²) >= 11 is 0. The monoisotopic (exact) mass is 632 g/mol. The molecule has 246 valence electrons. The zero-order chi connectivity index (χ0) is 33.2. The fraction of sp³-hybridized carbons (Fsp3) is 0.472. The molecule has 2 N–H and O–H groups in total. The third-order valence-electron chi connectivity index (χ3n) is 8.32. The smallest absolute Gasteiger partial charge is 0.308 e. The van der Waals surface area contributed by atoms with Gasteiger partial charge in [0.25, 0.3) is 0 Å². The third-order valence-corrected chi connectivity index (χ3v) is 8.32. The number of hydrogen-bond donors (Lipinski definition) is 2. The molecular weight excluding hydrogens is 587 g/mol. The Balaban J connectivity index is 0.000000775. The largest absolute Gasteiger partial charge is 0.493 e. The van der Waals surface area contributed by atoms with Crippen LogP contribution in [-0.2, 0) is 16.0 Å². The summed E-state index contributed by atoms with van der Waals surface area (Å²) < 4.78 is 29.8. The Kier molecular flexibility index (Phi) is 9.70. The van der Waals surface area contributed by atoms with Gasteiger partial charge in [0.1, 0.15) is 17.4 Å². The van der Waals surface area contributed by atoms with Crippen molar-refractivity contribution in [2.24, 2.45) is 0 Å². The van der Waals surface area contributed by atoms with Crippen LogP contribution in [0.2, 0.25) is 0 Å². The number of halogens is 1. The van der Waals surface area contributed by atoms with Gasteiger partial charge in [-0.25, -0.2) is 9.37 Å². The molecule has 0 spiro atoms. The molecule has 4 aromatic rings. The molecule has 0 unspecified atom stereocenters. The molecule has 0 saturated carbocycles. The van der Waals surface area contributed by atoms with E-state index in [9.17, 15) is 9.90 Å². The van der Waals surface area contributed by atoms with Gasteiger partial charge < -0.3 is 24.6 Å². The second-order valence-corrected chi connectivity index (χ2v) is 13.5. The molecule has 1 fully saturated rings. The van der Waals surface area contributed by atoms with E-state index in [1.54, 1.807) is 38.3 Å². The molecule has 2 aromatic heterocycles. The van der Waals surface area contributed by atoms with E-state index in [1.165, 1.54) is 0 Å². The molecule has 3 aliphatic rings. The van der Waals surface area contributed by atoms with E-state index in [4.69, 9.17) is 24.7 Å². The number of aryl methyl sites for hydroxylation is 2. The number of anilines is 1. The number of piperidine rings is 1. The average molecular weight is 633 g/mol. The van der Waals surface area contributed by atoms with Crippen LogP contribution in [-0.4, -0.2) is 68.3 Å². The number of benzene rings is 2. The van der Waals surface area contributed by atoms with Gasteiger partial charge in [-0.1, -0.05) is 24.3 Å². The number of ether oxygens (including phenoxy) is 2. The van der Waals surface area contributed by atoms with Crippen LogP contribution in [0.4, 0.5) is 10.2 Å². The molecule has 3 aliphatic heterocycles. The summed E-state index contributed by atoms with van der Waals surface area (Å²) in [5.74, 6) is 0.0524. The van der Waals surface area contributed by atoms with Gasteiger partial charge in [-0.15, -0.1) is 0 Å². The third kappa shape index (κ3) is 7.67. The van der Waals surface area contributed by atoms with Gasteiger partial charge in [0.2, 0.25) is 0 Å². The number of nitrogens with zero attached hydrogens (tertiary/aromatic N) is 4. The number of carbonyl (C=O) groups is 1. The van der Waals surface area contributed by atoms with Crippen LogP contribution in [0, 0.1) is 19.7 Å². The average Bonchev–Trinajstić information content (AvgIpc) is 3.40. The van der Waals surface area contributed by atoms with Crippen molar-refractivity contribution >= 4 is 17.4 Å². The number of carboxylic acids is 1. The number of rotatable bonds is 2. The quantitative estimate of drug-likeness (QED) is 0.249. The molecule has 1 saturated heterocycles. The lowest BCUT2D eigenvalue weighted by Gasteiger charge is -2.40. The maximum atomic E-state index is 15.6. The lowest BCUT2D eigenvalue weighted by molar-refractivity contribution is -0.136. The van der Waals surface area contributed by atoms with E-state index in [2.05, 4.69) is 11.8 Å². The first-order valence-corrected chi connectivity index (χ1v) is 16.0. The molecule has 0 atom stereocenters. The molecule has 0 amide bonds. The van der Waals surface area contributed by atoms with E-state index in [0.717, 1.165) is 37.1 Å². The van der Waals surface area contributed by atoms with E-state index < -0.39 is 11.6 Å². The standard InChI is InChI=1S/C32H35FN4O4.C4H10O/c1-20-9-10-26-29(30(20)33)23-8-6-7-22(17-23)25-19-27-34-21(2)24(18-28(38)39)31(37(27)35-25)36-13-11-32(3,12-14-36)41-16-5-4-15-40-26;1-4(2,3)5/h6-10,17,19H,4-5,11-16,18H2,1-3H3,(H,38,39);5H,1-3H3. The van der Waals surface area contributed by atoms with E-state index in [0.29, 0.717) is 71.3 Å². The van der Waals surface area contributed by atoms with Gasteiger partial charge in [0.15, 0.2) is 5.65 Å². The number of aliphatic carboxylic acids is 1. The Bertz CT molecular complexity index is 1710. The summed E-state index contributed by atoms with van der Waals surface area (Å²) in [6.07, 6.45) is 3.10. The highest BCUT2D eigenvalue weighted by Crippen LogP contribution is 2.38. The molecule has 0 aliphatic carbocycles. The van der Waals surface area contributed by atoms with E-state index in [-0.39, 0.29) is 17.8 Å². The molecule has 5 heterocycles. The van der Waals surface area contributed by atoms with Gasteiger partial charge in [0.05, 0.1) is 35.5 Å². The van der Waals surface area contributed by atoms with Gasteiger partial charge >= 0.3 is 5.97 Å². The summed E-state index contributed by atoms with van der Waals surface area (Å²) in [6, 6.07) is 13.1. The van der Waals surface area contributed by atoms with Crippen molar-refractivity contribution in [2.75, 3.05) is 31.2 Å². The van der Waals surface area contributed by atoms with Gasteiger partial charge in [0, 0.05) is 42.6 Å². The zero-order valence-corrected chi connectivity index (χ0v) is 27.7. The summed E-state index contributed by atoms with van der Waals surface area (Å²) in [5, 5.41) is 23.2. The first-order valence-electron chi connectivity index (χ1n) is 16.0. The van der Waals surface area contributed by atoms with Crippen LogP contribution in [0.25, 0.3) is 28.0 Å². The molecule has 7 rings (SSSR count). The lowest BCUT2D eigenvalue weighted by Crippen LogP contribution is -2.45. The van der Waals surface area contributed by atoms with Crippen LogP contribution >= 0.6 is 0 Å². The molecule has 2 aromatic carbocycles. The van der Waals surface area contributed by atoms with Crippen molar-refractivity contribution in [3.8, 4) is 28.1 Å². The summed E-state index contributed by atoms with van der Waals surface area (Å²) in [4.78, 5) is 18.9. The molecule has 0 radical (unpaired) electrons. The van der Waals surface area contributed by atoms with Crippen LogP contribution in [0.15, 0.2) is 42.5 Å². The number of fused-ring (bicyclic) bond motifs is 7. The summed E-state index contributed by atoms with van der Waals surface area (Å²) in [7, 11) is 0. The Labute approximate surface area is 270 Å². The predicted molar refractivity (Wildman–Crippen MR) is 177 cm³/mol. The minimum atomic E-state index is -0.913. The van der Waals surface area contributed by atoms with Crippen molar-refractivity contribution in [3.05, 3.63) is 65.1 Å². The van der Waals surface area contributed by atoms with Gasteiger partial charge in [-0.3, -0.25) is 4.79 Å². The normalized spacial score (nSPS) is 16.5. The van der Waals surface area contributed by atoms with Crippen LogP contribution < -0.4 is 9.64 Å². The highest BCUT2D eigenvalue weighted by molar-refractivity contribution is 5.78. The number of aromatic nitrogens is 3. The number of hydrogen-bond acceptors (Lipinski definition) is 7. The maximum Gasteiger partial charge on any atom is 0.308 e. The first kappa shape index (κ1) is 33.3. The Hall–Kier alpha value is -4.02. The van der Waals surface area contributed by atoms with Crippen LogP contribution in [0.3, 0.4) is 0 Å². The van der Waals surface area contributed by atoms with Gasteiger partial charge in [-0.05, 0) is 90.5 Å². The van der Waals surface area contributed by atoms with Crippen molar-refractivity contribution in [1.29, 1.82) is 0 Å². The Morgan fingerprint density at radius 3 is 2.41 bits per heavy atom. The maximum absolute atomic E-state index is 15.6. The van der Waals surface area contributed by atoms with E-state index >= 15 is 4.39 Å². The summed E-state index contributed by atoms with van der Waals surface area (Å²) in [6.45, 7) is 13.5. The SMILES string of the molecule is CC(C)(C)O.Cc1ccc2c(c1F)-c1cccc(c1)-c1cc3nc(C)c(CC(=O)O)c(n3n1)N1CCC(C)(CC1)OCCCCO2. The zero-order valence-electron chi connectivity index (χ0n) is 27.7. The molecular formula is C36H45FN4O5. The van der Waals surface area contributed by atoms with E-state index in [1.807, 2.05) is 43.3 Å². The topological polar surface area (TPSA) is 109 Å². The van der Waals surface area contributed by atoms with Crippen LogP contribution in [0.1, 0.15) is 70.2 Å². The van der Waals surface area contributed by atoms with Gasteiger partial charge in [-0.2, -0.15) is 9.61 Å². The molecule has 10 heteroatoms. The lowest BCUT2D eigenvalue weighted by atomic mass is 9.93. The fourth-order valence-electron chi connectivity index (χ4n) is 5.89. The van der Waals surface area contributed by atoms with Crippen molar-refractivity contribution in [3.63, 3.8) is 0 Å². The Morgan fingerprint density at radius 2 is 1.72 bits per heavy atom. The molecule has 46 heavy (non-hydrogen) atoms.